The van der Waals surface area contributed by atoms with Gasteiger partial charge in [0.1, 0.15) is 5.01 Å². The minimum absolute atomic E-state index is 0.695. The van der Waals surface area contributed by atoms with Crippen molar-refractivity contribution in [3.05, 3.63) is 33.8 Å². The van der Waals surface area contributed by atoms with Gasteiger partial charge in [-0.2, -0.15) is 0 Å². The van der Waals surface area contributed by atoms with E-state index in [1.807, 2.05) is 19.1 Å². The molecule has 0 amide bonds. The normalized spacial score (nSPS) is 14.8. The van der Waals surface area contributed by atoms with Gasteiger partial charge in [0.05, 0.1) is 5.02 Å². The summed E-state index contributed by atoms with van der Waals surface area (Å²) in [7, 11) is 0. The number of nitrogens with zero attached hydrogens (tertiary/aromatic N) is 2. The lowest BCUT2D eigenvalue weighted by Gasteiger charge is -2.10. The quantitative estimate of drug-likeness (QED) is 0.908. The van der Waals surface area contributed by atoms with Gasteiger partial charge in [0.25, 0.3) is 0 Å². The topological polar surface area (TPSA) is 37.8 Å². The van der Waals surface area contributed by atoms with E-state index in [-0.39, 0.29) is 0 Å². The fraction of sp³-hybridized carbons (Fsp3) is 0.385. The van der Waals surface area contributed by atoms with Gasteiger partial charge in [-0.25, -0.2) is 0 Å². The summed E-state index contributed by atoms with van der Waals surface area (Å²) < 4.78 is 0.943. The summed E-state index contributed by atoms with van der Waals surface area (Å²) in [4.78, 5) is 1.09. The SMILES string of the molecule is Cc1nnc(Sc2c(Cl)cccc2CNC2CC2)s1. The second kappa shape index (κ2) is 5.79. The van der Waals surface area contributed by atoms with Gasteiger partial charge in [-0.3, -0.25) is 0 Å². The molecule has 0 bridgehead atoms. The second-order valence-electron chi connectivity index (χ2n) is 4.57. The number of aryl methyl sites for hydroxylation is 1. The third kappa shape index (κ3) is 3.48. The maximum atomic E-state index is 6.32. The smallest absolute Gasteiger partial charge is 0.179 e. The molecule has 19 heavy (non-hydrogen) atoms. The van der Waals surface area contributed by atoms with Crippen molar-refractivity contribution in [2.75, 3.05) is 0 Å². The van der Waals surface area contributed by atoms with E-state index in [0.29, 0.717) is 6.04 Å². The molecule has 2 aromatic rings. The Hall–Kier alpha value is -0.620. The molecule has 0 saturated heterocycles. The molecule has 1 aromatic carbocycles. The summed E-state index contributed by atoms with van der Waals surface area (Å²) in [5.74, 6) is 0. The van der Waals surface area contributed by atoms with Crippen LogP contribution in [0.15, 0.2) is 27.4 Å². The zero-order chi connectivity index (χ0) is 13.2. The Bertz CT molecular complexity index is 581. The lowest BCUT2D eigenvalue weighted by molar-refractivity contribution is 0.680. The highest BCUT2D eigenvalue weighted by molar-refractivity contribution is 8.01. The van der Waals surface area contributed by atoms with Crippen LogP contribution in [-0.4, -0.2) is 16.2 Å². The molecule has 0 spiro atoms. The highest BCUT2D eigenvalue weighted by Gasteiger charge is 2.21. The van der Waals surface area contributed by atoms with Crippen LogP contribution in [0.2, 0.25) is 5.02 Å². The molecule has 1 aromatic heterocycles. The zero-order valence-electron chi connectivity index (χ0n) is 10.5. The third-order valence-corrected chi connectivity index (χ3v) is 5.41. The maximum absolute atomic E-state index is 6.32. The number of halogens is 1. The molecule has 1 heterocycles. The van der Waals surface area contributed by atoms with Gasteiger partial charge < -0.3 is 5.32 Å². The lowest BCUT2D eigenvalue weighted by Crippen LogP contribution is -2.15. The van der Waals surface area contributed by atoms with E-state index in [2.05, 4.69) is 21.6 Å². The molecule has 0 radical (unpaired) electrons. The van der Waals surface area contributed by atoms with Crippen molar-refractivity contribution in [1.82, 2.24) is 15.5 Å². The van der Waals surface area contributed by atoms with Crippen LogP contribution in [0.1, 0.15) is 23.4 Å². The number of nitrogens with one attached hydrogen (secondary N) is 1. The summed E-state index contributed by atoms with van der Waals surface area (Å²) >= 11 is 9.53. The number of hydrogen-bond acceptors (Lipinski definition) is 5. The summed E-state index contributed by atoms with van der Waals surface area (Å²) in [6.45, 7) is 2.83. The highest BCUT2D eigenvalue weighted by atomic mass is 35.5. The molecule has 1 aliphatic rings. The maximum Gasteiger partial charge on any atom is 0.179 e. The molecule has 0 unspecified atom stereocenters. The largest absolute Gasteiger partial charge is 0.310 e. The molecule has 1 saturated carbocycles. The van der Waals surface area contributed by atoms with Gasteiger partial charge in [-0.1, -0.05) is 46.8 Å². The predicted octanol–water partition coefficient (Wildman–Crippen LogP) is 3.90. The van der Waals surface area contributed by atoms with Crippen LogP contribution in [0.5, 0.6) is 0 Å². The minimum atomic E-state index is 0.695. The second-order valence-corrected chi connectivity index (χ2v) is 7.42. The summed E-state index contributed by atoms with van der Waals surface area (Å²) in [6, 6.07) is 6.75. The van der Waals surface area contributed by atoms with Crippen molar-refractivity contribution >= 4 is 34.7 Å². The van der Waals surface area contributed by atoms with E-state index in [0.717, 1.165) is 25.8 Å². The van der Waals surface area contributed by atoms with Crippen molar-refractivity contribution in [3.8, 4) is 0 Å². The van der Waals surface area contributed by atoms with Crippen LogP contribution in [0.4, 0.5) is 0 Å². The number of benzene rings is 1. The Balaban J connectivity index is 1.80. The van der Waals surface area contributed by atoms with Crippen LogP contribution in [0, 0.1) is 6.92 Å². The van der Waals surface area contributed by atoms with Crippen LogP contribution in [0.25, 0.3) is 0 Å². The molecule has 1 fully saturated rings. The van der Waals surface area contributed by atoms with Gasteiger partial charge in [-0.15, -0.1) is 10.2 Å². The molecule has 3 rings (SSSR count). The van der Waals surface area contributed by atoms with Gasteiger partial charge in [0, 0.05) is 17.5 Å². The van der Waals surface area contributed by atoms with Gasteiger partial charge in [0.2, 0.25) is 0 Å². The minimum Gasteiger partial charge on any atom is -0.310 e. The van der Waals surface area contributed by atoms with Crippen LogP contribution in [-0.2, 0) is 6.54 Å². The average Bonchev–Trinajstić information content (AvgIpc) is 3.13. The molecule has 0 atom stereocenters. The van der Waals surface area contributed by atoms with Crippen LogP contribution in [0.3, 0.4) is 0 Å². The predicted molar refractivity (Wildman–Crippen MR) is 80.1 cm³/mol. The van der Waals surface area contributed by atoms with Crippen molar-refractivity contribution in [1.29, 1.82) is 0 Å². The van der Waals surface area contributed by atoms with E-state index in [1.54, 1.807) is 23.1 Å². The Labute approximate surface area is 125 Å². The van der Waals surface area contributed by atoms with E-state index in [4.69, 9.17) is 11.6 Å². The molecule has 100 valence electrons. The van der Waals surface area contributed by atoms with Crippen molar-refractivity contribution in [3.63, 3.8) is 0 Å². The van der Waals surface area contributed by atoms with Crippen molar-refractivity contribution < 1.29 is 0 Å². The molecule has 0 aliphatic heterocycles. The van der Waals surface area contributed by atoms with E-state index in [9.17, 15) is 0 Å². The lowest BCUT2D eigenvalue weighted by atomic mass is 10.2. The number of rotatable bonds is 5. The Morgan fingerprint density at radius 1 is 1.42 bits per heavy atom. The van der Waals surface area contributed by atoms with Crippen LogP contribution >= 0.6 is 34.7 Å². The van der Waals surface area contributed by atoms with E-state index in [1.165, 1.54) is 18.4 Å². The molecular formula is C13H14ClN3S2. The first kappa shape index (κ1) is 13.4. The first-order valence-electron chi connectivity index (χ1n) is 6.21. The average molecular weight is 312 g/mol. The van der Waals surface area contributed by atoms with E-state index >= 15 is 0 Å². The third-order valence-electron chi connectivity index (χ3n) is 2.90. The van der Waals surface area contributed by atoms with Crippen molar-refractivity contribution in [2.24, 2.45) is 0 Å². The fourth-order valence-corrected chi connectivity index (χ4v) is 3.95. The zero-order valence-corrected chi connectivity index (χ0v) is 12.9. The standard InChI is InChI=1S/C13H14ClN3S2/c1-8-16-17-13(18-8)19-12-9(3-2-4-11(12)14)7-15-10-5-6-10/h2-4,10,15H,5-7H2,1H3. The van der Waals surface area contributed by atoms with Crippen LogP contribution < -0.4 is 5.32 Å². The summed E-state index contributed by atoms with van der Waals surface area (Å²) in [5.41, 5.74) is 1.23. The molecule has 1 N–H and O–H groups in total. The van der Waals surface area contributed by atoms with Gasteiger partial charge in [0.15, 0.2) is 4.34 Å². The monoisotopic (exact) mass is 311 g/mol. The first-order chi connectivity index (χ1) is 9.22. The summed E-state index contributed by atoms with van der Waals surface area (Å²) in [5, 5.41) is 13.5. The van der Waals surface area contributed by atoms with E-state index < -0.39 is 0 Å². The molecule has 3 nitrogen and oxygen atoms in total. The summed E-state index contributed by atoms with van der Waals surface area (Å²) in [6.07, 6.45) is 2.58. The Kier molecular flexibility index (Phi) is 4.07. The van der Waals surface area contributed by atoms with Gasteiger partial charge >= 0.3 is 0 Å². The van der Waals surface area contributed by atoms with Crippen molar-refractivity contribution in [2.45, 2.75) is 41.6 Å². The highest BCUT2D eigenvalue weighted by Crippen LogP contribution is 2.37. The fourth-order valence-electron chi connectivity index (χ4n) is 1.76. The first-order valence-corrected chi connectivity index (χ1v) is 8.22. The molecular weight excluding hydrogens is 298 g/mol. The Morgan fingerprint density at radius 2 is 2.26 bits per heavy atom. The molecule has 6 heteroatoms. The number of aromatic nitrogens is 2. The van der Waals surface area contributed by atoms with Gasteiger partial charge in [-0.05, 0) is 31.4 Å². The Morgan fingerprint density at radius 3 is 2.95 bits per heavy atom. The molecule has 1 aliphatic carbocycles. The number of hydrogen-bond donors (Lipinski definition) is 1.